The molecule has 0 spiro atoms. The first-order valence-corrected chi connectivity index (χ1v) is 12.5. The fraction of sp³-hybridized carbons (Fsp3) is 0.286. The lowest BCUT2D eigenvalue weighted by Crippen LogP contribution is -2.35. The van der Waals surface area contributed by atoms with E-state index in [0.29, 0.717) is 34.1 Å². The Kier molecular flexibility index (Phi) is 6.62. The molecular weight excluding hydrogens is 489 g/mol. The Hall–Kier alpha value is -2.66. The van der Waals surface area contributed by atoms with E-state index in [1.807, 2.05) is 0 Å². The van der Waals surface area contributed by atoms with Crippen molar-refractivity contribution >= 4 is 55.9 Å². The highest BCUT2D eigenvalue weighted by molar-refractivity contribution is 7.92. The molecule has 1 aliphatic rings. The number of rotatable bonds is 4. The van der Waals surface area contributed by atoms with Crippen LogP contribution < -0.4 is 14.9 Å². The van der Waals surface area contributed by atoms with Crippen LogP contribution in [-0.2, 0) is 16.6 Å². The number of anilines is 1. The molecule has 1 aromatic carbocycles. The molecule has 9 nitrogen and oxygen atoms in total. The Morgan fingerprint density at radius 1 is 1.27 bits per heavy atom. The van der Waals surface area contributed by atoms with Gasteiger partial charge in [-0.25, -0.2) is 13.4 Å². The molecule has 3 aromatic rings. The van der Waals surface area contributed by atoms with Gasteiger partial charge in [0.05, 0.1) is 5.75 Å². The van der Waals surface area contributed by atoms with Gasteiger partial charge in [0, 0.05) is 47.8 Å². The number of benzene rings is 1. The number of hydrogen-bond donors (Lipinski definition) is 3. The van der Waals surface area contributed by atoms with E-state index < -0.39 is 21.7 Å². The summed E-state index contributed by atoms with van der Waals surface area (Å²) < 4.78 is 26.9. The lowest BCUT2D eigenvalue weighted by molar-refractivity contribution is 0.0943. The SMILES string of the molecule is Cc1c(Cl)cc(CNC(=O)c2nc(N3CCNCCS3(=O)=O)c3cccnc3c2O)cc1Cl. The minimum atomic E-state index is -3.69. The molecule has 3 heterocycles. The highest BCUT2D eigenvalue weighted by Crippen LogP contribution is 2.34. The van der Waals surface area contributed by atoms with Gasteiger partial charge in [0.2, 0.25) is 10.0 Å². The van der Waals surface area contributed by atoms with Gasteiger partial charge in [0.25, 0.3) is 5.91 Å². The average molecular weight is 510 g/mol. The minimum Gasteiger partial charge on any atom is -0.504 e. The molecular formula is C21H21Cl2N5O4S. The van der Waals surface area contributed by atoms with Gasteiger partial charge in [-0.15, -0.1) is 0 Å². The fourth-order valence-corrected chi connectivity index (χ4v) is 5.44. The monoisotopic (exact) mass is 509 g/mol. The van der Waals surface area contributed by atoms with E-state index in [1.165, 1.54) is 6.20 Å². The van der Waals surface area contributed by atoms with E-state index in [4.69, 9.17) is 23.2 Å². The highest BCUT2D eigenvalue weighted by Gasteiger charge is 2.30. The van der Waals surface area contributed by atoms with Gasteiger partial charge in [-0.05, 0) is 42.3 Å². The molecule has 3 N–H and O–H groups in total. The topological polar surface area (TPSA) is 125 Å². The van der Waals surface area contributed by atoms with Crippen LogP contribution in [0, 0.1) is 6.92 Å². The molecule has 12 heteroatoms. The average Bonchev–Trinajstić information content (AvgIpc) is 2.96. The molecule has 0 aliphatic carbocycles. The summed E-state index contributed by atoms with van der Waals surface area (Å²) in [6, 6.07) is 6.58. The number of nitrogens with zero attached hydrogens (tertiary/aromatic N) is 3. The number of fused-ring (bicyclic) bond motifs is 1. The van der Waals surface area contributed by atoms with E-state index >= 15 is 0 Å². The Morgan fingerprint density at radius 3 is 2.73 bits per heavy atom. The molecule has 1 amide bonds. The van der Waals surface area contributed by atoms with Crippen molar-refractivity contribution < 1.29 is 18.3 Å². The van der Waals surface area contributed by atoms with Crippen LogP contribution in [-0.4, -0.2) is 54.8 Å². The largest absolute Gasteiger partial charge is 0.504 e. The van der Waals surface area contributed by atoms with Gasteiger partial charge >= 0.3 is 0 Å². The molecule has 0 unspecified atom stereocenters. The summed E-state index contributed by atoms with van der Waals surface area (Å²) in [5, 5.41) is 17.7. The van der Waals surface area contributed by atoms with E-state index in [1.54, 1.807) is 31.2 Å². The number of halogens is 2. The van der Waals surface area contributed by atoms with Gasteiger partial charge in [0.1, 0.15) is 5.52 Å². The van der Waals surface area contributed by atoms with Crippen LogP contribution in [0.2, 0.25) is 10.0 Å². The number of aromatic hydroxyl groups is 1. The van der Waals surface area contributed by atoms with Gasteiger partial charge in [-0.1, -0.05) is 23.2 Å². The quantitative estimate of drug-likeness (QED) is 0.493. The smallest absolute Gasteiger partial charge is 0.274 e. The third-order valence-electron chi connectivity index (χ3n) is 5.32. The lowest BCUT2D eigenvalue weighted by atomic mass is 10.1. The second kappa shape index (κ2) is 9.30. The van der Waals surface area contributed by atoms with Crippen LogP contribution in [0.1, 0.15) is 21.6 Å². The van der Waals surface area contributed by atoms with Crippen LogP contribution in [0.15, 0.2) is 30.5 Å². The molecule has 1 fully saturated rings. The van der Waals surface area contributed by atoms with Crippen LogP contribution in [0.5, 0.6) is 5.75 Å². The summed E-state index contributed by atoms with van der Waals surface area (Å²) in [5.74, 6) is -1.20. The molecule has 1 aliphatic heterocycles. The fourth-order valence-electron chi connectivity index (χ4n) is 3.51. The summed E-state index contributed by atoms with van der Waals surface area (Å²) in [5.41, 5.74) is 1.14. The van der Waals surface area contributed by atoms with Crippen molar-refractivity contribution in [2.24, 2.45) is 0 Å². The number of carbonyl (C=O) groups is 1. The molecule has 2 aromatic heterocycles. The summed E-state index contributed by atoms with van der Waals surface area (Å²) in [6.07, 6.45) is 1.45. The van der Waals surface area contributed by atoms with Crippen LogP contribution in [0.4, 0.5) is 5.82 Å². The molecule has 0 atom stereocenters. The maximum Gasteiger partial charge on any atom is 0.274 e. The van der Waals surface area contributed by atoms with Crippen LogP contribution in [0.3, 0.4) is 0 Å². The van der Waals surface area contributed by atoms with E-state index in [-0.39, 0.29) is 35.9 Å². The Labute approximate surface area is 200 Å². The summed E-state index contributed by atoms with van der Waals surface area (Å²) >= 11 is 12.3. The zero-order valence-electron chi connectivity index (χ0n) is 17.6. The number of nitrogens with one attached hydrogen (secondary N) is 2. The maximum absolute atomic E-state index is 13.0. The number of aromatic nitrogens is 2. The summed E-state index contributed by atoms with van der Waals surface area (Å²) in [4.78, 5) is 21.4. The third kappa shape index (κ3) is 4.70. The number of carbonyl (C=O) groups excluding carboxylic acids is 1. The van der Waals surface area contributed by atoms with Crippen LogP contribution in [0.25, 0.3) is 10.9 Å². The zero-order chi connectivity index (χ0) is 23.8. The van der Waals surface area contributed by atoms with Gasteiger partial charge in [-0.3, -0.25) is 14.1 Å². The van der Waals surface area contributed by atoms with E-state index in [0.717, 1.165) is 9.87 Å². The van der Waals surface area contributed by atoms with Crippen molar-refractivity contribution in [1.29, 1.82) is 0 Å². The number of pyridine rings is 2. The number of sulfonamides is 1. The van der Waals surface area contributed by atoms with Crippen molar-refractivity contribution in [2.45, 2.75) is 13.5 Å². The van der Waals surface area contributed by atoms with Gasteiger partial charge in [-0.2, -0.15) is 0 Å². The maximum atomic E-state index is 13.0. The standard InChI is InChI=1S/C21H21Cl2N5O4S/c1-12-15(22)9-13(10-16(12)23)11-26-21(30)18-19(29)17-14(3-2-4-25-17)20(27-18)28-7-5-24-6-8-33(28,31)32/h2-4,9-10,24,29H,5-8,11H2,1H3,(H,26,30). The molecule has 4 rings (SSSR count). The van der Waals surface area contributed by atoms with E-state index in [9.17, 15) is 18.3 Å². The third-order valence-corrected chi connectivity index (χ3v) is 7.86. The summed E-state index contributed by atoms with van der Waals surface area (Å²) in [7, 11) is -3.69. The van der Waals surface area contributed by atoms with Crippen molar-refractivity contribution in [3.05, 3.63) is 57.3 Å². The normalized spacial score (nSPS) is 15.9. The van der Waals surface area contributed by atoms with Crippen molar-refractivity contribution in [3.63, 3.8) is 0 Å². The van der Waals surface area contributed by atoms with Crippen LogP contribution >= 0.6 is 23.2 Å². The zero-order valence-corrected chi connectivity index (χ0v) is 19.9. The minimum absolute atomic E-state index is 0.0474. The molecule has 1 saturated heterocycles. The predicted molar refractivity (Wildman–Crippen MR) is 128 cm³/mol. The van der Waals surface area contributed by atoms with Gasteiger partial charge < -0.3 is 15.7 Å². The molecule has 0 radical (unpaired) electrons. The number of amides is 1. The molecule has 0 saturated carbocycles. The first-order valence-electron chi connectivity index (χ1n) is 10.1. The molecule has 33 heavy (non-hydrogen) atoms. The second-order valence-electron chi connectivity index (χ2n) is 7.54. The first kappa shape index (κ1) is 23.5. The van der Waals surface area contributed by atoms with E-state index in [2.05, 4.69) is 20.6 Å². The molecule has 174 valence electrons. The second-order valence-corrected chi connectivity index (χ2v) is 10.4. The summed E-state index contributed by atoms with van der Waals surface area (Å²) in [6.45, 7) is 2.71. The van der Waals surface area contributed by atoms with Crippen molar-refractivity contribution in [3.8, 4) is 5.75 Å². The first-order chi connectivity index (χ1) is 15.7. The predicted octanol–water partition coefficient (Wildman–Crippen LogP) is 2.62. The van der Waals surface area contributed by atoms with Crippen molar-refractivity contribution in [1.82, 2.24) is 20.6 Å². The van der Waals surface area contributed by atoms with Crippen molar-refractivity contribution in [2.75, 3.05) is 29.7 Å². The highest BCUT2D eigenvalue weighted by atomic mass is 35.5. The molecule has 0 bridgehead atoms. The number of hydrogen-bond acceptors (Lipinski definition) is 7. The van der Waals surface area contributed by atoms with Gasteiger partial charge in [0.15, 0.2) is 17.3 Å². The Balaban J connectivity index is 1.73. The lowest BCUT2D eigenvalue weighted by Gasteiger charge is -2.23. The Morgan fingerprint density at radius 2 is 2.00 bits per heavy atom. The Bertz CT molecular complexity index is 1330.